The number of rotatable bonds is 3. The van der Waals surface area contributed by atoms with Crippen LogP contribution in [0.25, 0.3) is 0 Å². The first-order valence-corrected chi connectivity index (χ1v) is 4.70. The third-order valence-corrected chi connectivity index (χ3v) is 1.85. The monoisotopic (exact) mass is 211 g/mol. The number of carbonyl (C=O) groups is 1. The fraction of sp³-hybridized carbons (Fsp3) is 0.300. The van der Waals surface area contributed by atoms with Crippen molar-refractivity contribution in [2.75, 3.05) is 11.9 Å². The van der Waals surface area contributed by atoms with Crippen LogP contribution in [0, 0.1) is 5.82 Å². The molecule has 5 heteroatoms. The van der Waals surface area contributed by atoms with Gasteiger partial charge in [0, 0.05) is 13.1 Å². The van der Waals surface area contributed by atoms with Crippen LogP contribution < -0.4 is 16.4 Å². The average Bonchev–Trinajstić information content (AvgIpc) is 2.21. The lowest BCUT2D eigenvalue weighted by atomic mass is 10.2. The van der Waals surface area contributed by atoms with Crippen LogP contribution in [0.3, 0.4) is 0 Å². The van der Waals surface area contributed by atoms with Crippen molar-refractivity contribution in [3.8, 4) is 0 Å². The summed E-state index contributed by atoms with van der Waals surface area (Å²) in [4.78, 5) is 11.1. The van der Waals surface area contributed by atoms with E-state index in [1.54, 1.807) is 13.0 Å². The molecule has 0 aliphatic heterocycles. The minimum Gasteiger partial charge on any atom is -0.338 e. The van der Waals surface area contributed by atoms with Gasteiger partial charge in [0.15, 0.2) is 0 Å². The van der Waals surface area contributed by atoms with E-state index in [1.165, 1.54) is 12.1 Å². The summed E-state index contributed by atoms with van der Waals surface area (Å²) in [7, 11) is 0. The highest BCUT2D eigenvalue weighted by Gasteiger charge is 2.06. The van der Waals surface area contributed by atoms with Crippen LogP contribution in [0.5, 0.6) is 0 Å². The number of hydrogen-bond donors (Lipinski definition) is 3. The van der Waals surface area contributed by atoms with Crippen molar-refractivity contribution in [3.05, 3.63) is 29.6 Å². The molecule has 1 aromatic carbocycles. The zero-order chi connectivity index (χ0) is 11.3. The Balaban J connectivity index is 2.79. The van der Waals surface area contributed by atoms with Crippen molar-refractivity contribution in [3.63, 3.8) is 0 Å². The number of hydrogen-bond acceptors (Lipinski definition) is 2. The molecule has 1 aromatic rings. The Morgan fingerprint density at radius 3 is 2.87 bits per heavy atom. The van der Waals surface area contributed by atoms with Crippen molar-refractivity contribution in [1.82, 2.24) is 5.32 Å². The molecule has 0 heterocycles. The Hall–Kier alpha value is -1.62. The second-order valence-electron chi connectivity index (χ2n) is 3.00. The summed E-state index contributed by atoms with van der Waals surface area (Å²) in [5.41, 5.74) is 6.32. The van der Waals surface area contributed by atoms with Gasteiger partial charge in [-0.3, -0.25) is 0 Å². The zero-order valence-electron chi connectivity index (χ0n) is 8.51. The first-order chi connectivity index (χ1) is 7.17. The molecule has 0 atom stereocenters. The Kier molecular flexibility index (Phi) is 4.05. The van der Waals surface area contributed by atoms with E-state index in [0.29, 0.717) is 13.1 Å². The second-order valence-corrected chi connectivity index (χ2v) is 3.00. The summed E-state index contributed by atoms with van der Waals surface area (Å²) in [6.07, 6.45) is 0. The van der Waals surface area contributed by atoms with E-state index in [0.717, 1.165) is 5.56 Å². The molecular weight excluding hydrogens is 197 g/mol. The third kappa shape index (κ3) is 3.21. The Labute approximate surface area is 87.7 Å². The molecule has 0 fully saturated rings. The van der Waals surface area contributed by atoms with Crippen molar-refractivity contribution in [2.45, 2.75) is 13.5 Å². The summed E-state index contributed by atoms with van der Waals surface area (Å²) in [6, 6.07) is 3.96. The van der Waals surface area contributed by atoms with Gasteiger partial charge in [0.25, 0.3) is 0 Å². The van der Waals surface area contributed by atoms with Crippen molar-refractivity contribution >= 4 is 11.7 Å². The Morgan fingerprint density at radius 2 is 2.27 bits per heavy atom. The molecule has 0 unspecified atom stereocenters. The van der Waals surface area contributed by atoms with E-state index in [1.807, 2.05) is 0 Å². The number of amides is 2. The van der Waals surface area contributed by atoms with Crippen molar-refractivity contribution in [2.24, 2.45) is 5.73 Å². The van der Waals surface area contributed by atoms with Crippen LogP contribution in [-0.4, -0.2) is 12.6 Å². The first kappa shape index (κ1) is 11.5. The number of urea groups is 1. The molecule has 0 saturated heterocycles. The average molecular weight is 211 g/mol. The molecule has 0 bridgehead atoms. The summed E-state index contributed by atoms with van der Waals surface area (Å²) in [5, 5.41) is 4.92. The number of nitrogens with two attached hydrogens (primary N) is 1. The zero-order valence-corrected chi connectivity index (χ0v) is 8.51. The normalized spacial score (nSPS) is 9.80. The minimum atomic E-state index is -0.474. The van der Waals surface area contributed by atoms with Gasteiger partial charge < -0.3 is 16.4 Å². The van der Waals surface area contributed by atoms with Gasteiger partial charge in [0.2, 0.25) is 0 Å². The smallest absolute Gasteiger partial charge is 0.319 e. The quantitative estimate of drug-likeness (QED) is 0.708. The van der Waals surface area contributed by atoms with Crippen LogP contribution in [0.2, 0.25) is 0 Å². The van der Waals surface area contributed by atoms with Crippen molar-refractivity contribution in [1.29, 1.82) is 0 Å². The van der Waals surface area contributed by atoms with E-state index in [2.05, 4.69) is 10.6 Å². The van der Waals surface area contributed by atoms with E-state index >= 15 is 0 Å². The molecule has 4 N–H and O–H groups in total. The predicted octanol–water partition coefficient (Wildman–Crippen LogP) is 1.43. The van der Waals surface area contributed by atoms with E-state index < -0.39 is 11.8 Å². The molecule has 0 saturated carbocycles. The van der Waals surface area contributed by atoms with Gasteiger partial charge in [0.05, 0.1) is 5.69 Å². The van der Waals surface area contributed by atoms with Gasteiger partial charge in [-0.1, -0.05) is 6.07 Å². The van der Waals surface area contributed by atoms with Gasteiger partial charge >= 0.3 is 6.03 Å². The molecule has 0 aromatic heterocycles. The Morgan fingerprint density at radius 1 is 1.53 bits per heavy atom. The van der Waals surface area contributed by atoms with Gasteiger partial charge in [0.1, 0.15) is 5.82 Å². The lowest BCUT2D eigenvalue weighted by molar-refractivity contribution is 0.252. The van der Waals surface area contributed by atoms with Gasteiger partial charge in [-0.2, -0.15) is 0 Å². The summed E-state index contributed by atoms with van der Waals surface area (Å²) < 4.78 is 13.2. The molecule has 4 nitrogen and oxygen atoms in total. The summed E-state index contributed by atoms with van der Waals surface area (Å²) in [6.45, 7) is 2.58. The van der Waals surface area contributed by atoms with Gasteiger partial charge in [-0.05, 0) is 24.6 Å². The molecule has 0 radical (unpaired) electrons. The largest absolute Gasteiger partial charge is 0.338 e. The fourth-order valence-corrected chi connectivity index (χ4v) is 1.12. The van der Waals surface area contributed by atoms with Crippen LogP contribution in [0.1, 0.15) is 12.5 Å². The number of anilines is 1. The first-order valence-electron chi connectivity index (χ1n) is 4.70. The SMILES string of the molecule is CCNC(=O)Nc1cc(CN)ccc1F. The van der Waals surface area contributed by atoms with E-state index in [4.69, 9.17) is 5.73 Å². The van der Waals surface area contributed by atoms with Crippen molar-refractivity contribution < 1.29 is 9.18 Å². The summed E-state index contributed by atoms with van der Waals surface area (Å²) >= 11 is 0. The number of benzene rings is 1. The molecule has 1 rings (SSSR count). The topological polar surface area (TPSA) is 67.2 Å². The van der Waals surface area contributed by atoms with Gasteiger partial charge in [-0.15, -0.1) is 0 Å². The maximum Gasteiger partial charge on any atom is 0.319 e. The highest BCUT2D eigenvalue weighted by atomic mass is 19.1. The second kappa shape index (κ2) is 5.31. The highest BCUT2D eigenvalue weighted by Crippen LogP contribution is 2.15. The molecule has 2 amide bonds. The van der Waals surface area contributed by atoms with Gasteiger partial charge in [-0.25, -0.2) is 9.18 Å². The van der Waals surface area contributed by atoms with Crippen LogP contribution in [-0.2, 0) is 6.54 Å². The predicted molar refractivity (Wildman–Crippen MR) is 57.0 cm³/mol. The Bertz CT molecular complexity index is 355. The molecule has 0 spiro atoms. The summed E-state index contributed by atoms with van der Waals surface area (Å²) in [5.74, 6) is -0.474. The lowest BCUT2D eigenvalue weighted by Gasteiger charge is -2.08. The minimum absolute atomic E-state index is 0.143. The number of carbonyl (C=O) groups excluding carboxylic acids is 1. The molecular formula is C10H14FN3O. The highest BCUT2D eigenvalue weighted by molar-refractivity contribution is 5.89. The molecule has 82 valence electrons. The number of nitrogens with one attached hydrogen (secondary N) is 2. The standard InChI is InChI=1S/C10H14FN3O/c1-2-13-10(15)14-9-5-7(6-12)3-4-8(9)11/h3-5H,2,6,12H2,1H3,(H2,13,14,15). The lowest BCUT2D eigenvalue weighted by Crippen LogP contribution is -2.28. The molecule has 0 aliphatic carbocycles. The van der Waals surface area contributed by atoms with Crippen LogP contribution in [0.4, 0.5) is 14.9 Å². The molecule has 15 heavy (non-hydrogen) atoms. The maximum absolute atomic E-state index is 13.2. The third-order valence-electron chi connectivity index (χ3n) is 1.85. The maximum atomic E-state index is 13.2. The molecule has 0 aliphatic rings. The fourth-order valence-electron chi connectivity index (χ4n) is 1.12. The van der Waals surface area contributed by atoms with Crippen LogP contribution >= 0.6 is 0 Å². The number of halogens is 1. The van der Waals surface area contributed by atoms with E-state index in [9.17, 15) is 9.18 Å². The van der Waals surface area contributed by atoms with Crippen LogP contribution in [0.15, 0.2) is 18.2 Å². The van der Waals surface area contributed by atoms with E-state index in [-0.39, 0.29) is 5.69 Å².